The third-order valence-corrected chi connectivity index (χ3v) is 4.28. The standard InChI is InChI=1S/C17H24ClN3/c1-3-17(4-2)21-9-8-16(20-21)11-14(12-19)13-6-5-7-15(18)10-13/h5-10,14,17H,3-4,11-12,19H2,1-2H3. The van der Waals surface area contributed by atoms with E-state index in [2.05, 4.69) is 36.9 Å². The summed E-state index contributed by atoms with van der Waals surface area (Å²) in [5.74, 6) is 0.258. The summed E-state index contributed by atoms with van der Waals surface area (Å²) in [7, 11) is 0. The van der Waals surface area contributed by atoms with Crippen LogP contribution in [-0.4, -0.2) is 16.3 Å². The molecular formula is C17H24ClN3. The second-order valence-electron chi connectivity index (χ2n) is 5.45. The minimum atomic E-state index is 0.258. The molecular weight excluding hydrogens is 282 g/mol. The molecule has 21 heavy (non-hydrogen) atoms. The van der Waals surface area contributed by atoms with E-state index >= 15 is 0 Å². The molecule has 1 aromatic heterocycles. The van der Waals surface area contributed by atoms with Gasteiger partial charge in [0.1, 0.15) is 0 Å². The summed E-state index contributed by atoms with van der Waals surface area (Å²) < 4.78 is 2.08. The lowest BCUT2D eigenvalue weighted by atomic mass is 9.94. The Bertz CT molecular complexity index is 561. The maximum Gasteiger partial charge on any atom is 0.0631 e. The number of benzene rings is 1. The molecule has 3 nitrogen and oxygen atoms in total. The van der Waals surface area contributed by atoms with Crippen molar-refractivity contribution < 1.29 is 0 Å². The Hall–Kier alpha value is -1.32. The Balaban J connectivity index is 2.12. The number of hydrogen-bond donors (Lipinski definition) is 1. The average molecular weight is 306 g/mol. The van der Waals surface area contributed by atoms with E-state index in [0.717, 1.165) is 30.0 Å². The van der Waals surface area contributed by atoms with E-state index in [4.69, 9.17) is 22.4 Å². The van der Waals surface area contributed by atoms with Crippen molar-refractivity contribution in [2.24, 2.45) is 5.73 Å². The van der Waals surface area contributed by atoms with Gasteiger partial charge >= 0.3 is 0 Å². The van der Waals surface area contributed by atoms with Crippen LogP contribution >= 0.6 is 11.6 Å². The highest BCUT2D eigenvalue weighted by Gasteiger charge is 2.14. The molecule has 0 aliphatic heterocycles. The fourth-order valence-corrected chi connectivity index (χ4v) is 2.90. The molecule has 0 saturated carbocycles. The first-order chi connectivity index (χ1) is 10.2. The van der Waals surface area contributed by atoms with E-state index < -0.39 is 0 Å². The van der Waals surface area contributed by atoms with Gasteiger partial charge in [-0.1, -0.05) is 37.6 Å². The lowest BCUT2D eigenvalue weighted by Crippen LogP contribution is -2.16. The number of aromatic nitrogens is 2. The summed E-state index contributed by atoms with van der Waals surface area (Å²) in [5, 5.41) is 5.47. The zero-order chi connectivity index (χ0) is 15.2. The van der Waals surface area contributed by atoms with E-state index in [1.165, 1.54) is 5.56 Å². The van der Waals surface area contributed by atoms with Crippen LogP contribution < -0.4 is 5.73 Å². The topological polar surface area (TPSA) is 43.8 Å². The van der Waals surface area contributed by atoms with E-state index in [-0.39, 0.29) is 5.92 Å². The maximum atomic E-state index is 6.07. The van der Waals surface area contributed by atoms with Gasteiger partial charge in [-0.25, -0.2) is 0 Å². The minimum absolute atomic E-state index is 0.258. The van der Waals surface area contributed by atoms with E-state index in [0.29, 0.717) is 12.6 Å². The summed E-state index contributed by atoms with van der Waals surface area (Å²) in [6.45, 7) is 4.99. The number of nitrogens with two attached hydrogens (primary N) is 1. The first kappa shape index (κ1) is 16.1. The van der Waals surface area contributed by atoms with Crippen LogP contribution in [0.2, 0.25) is 5.02 Å². The van der Waals surface area contributed by atoms with E-state index in [9.17, 15) is 0 Å². The Morgan fingerprint density at radius 2 is 2.00 bits per heavy atom. The molecule has 0 fully saturated rings. The fourth-order valence-electron chi connectivity index (χ4n) is 2.70. The molecule has 2 aromatic rings. The Morgan fingerprint density at radius 1 is 1.24 bits per heavy atom. The van der Waals surface area contributed by atoms with Crippen molar-refractivity contribution in [2.75, 3.05) is 6.54 Å². The van der Waals surface area contributed by atoms with Gasteiger partial charge in [0.15, 0.2) is 0 Å². The molecule has 0 radical (unpaired) electrons. The van der Waals surface area contributed by atoms with Gasteiger partial charge in [0.05, 0.1) is 11.7 Å². The summed E-state index contributed by atoms with van der Waals surface area (Å²) in [6, 6.07) is 10.5. The largest absolute Gasteiger partial charge is 0.330 e. The van der Waals surface area contributed by atoms with Gasteiger partial charge in [0.2, 0.25) is 0 Å². The van der Waals surface area contributed by atoms with Crippen LogP contribution in [0.5, 0.6) is 0 Å². The molecule has 0 aliphatic rings. The van der Waals surface area contributed by atoms with Crippen LogP contribution in [0.15, 0.2) is 36.5 Å². The molecule has 4 heteroatoms. The van der Waals surface area contributed by atoms with E-state index in [1.54, 1.807) is 0 Å². The fraction of sp³-hybridized carbons (Fsp3) is 0.471. The monoisotopic (exact) mass is 305 g/mol. The van der Waals surface area contributed by atoms with Crippen molar-refractivity contribution in [1.29, 1.82) is 0 Å². The molecule has 0 aliphatic carbocycles. The first-order valence-electron chi connectivity index (χ1n) is 7.67. The second kappa shape index (κ2) is 7.62. The van der Waals surface area contributed by atoms with Crippen molar-refractivity contribution in [3.05, 3.63) is 52.8 Å². The van der Waals surface area contributed by atoms with Gasteiger partial charge in [-0.05, 0) is 49.6 Å². The summed E-state index contributed by atoms with van der Waals surface area (Å²) >= 11 is 6.07. The number of rotatable bonds is 7. The SMILES string of the molecule is CCC(CC)n1ccc(CC(CN)c2cccc(Cl)c2)n1. The van der Waals surface area contributed by atoms with Crippen LogP contribution in [-0.2, 0) is 6.42 Å². The molecule has 2 N–H and O–H groups in total. The Morgan fingerprint density at radius 3 is 2.62 bits per heavy atom. The van der Waals surface area contributed by atoms with Crippen molar-refractivity contribution in [2.45, 2.75) is 45.1 Å². The quantitative estimate of drug-likeness (QED) is 0.834. The van der Waals surface area contributed by atoms with Crippen molar-refractivity contribution >= 4 is 11.6 Å². The van der Waals surface area contributed by atoms with Crippen LogP contribution in [0.4, 0.5) is 0 Å². The predicted molar refractivity (Wildman–Crippen MR) is 88.8 cm³/mol. The van der Waals surface area contributed by atoms with Crippen LogP contribution in [0.25, 0.3) is 0 Å². The summed E-state index contributed by atoms with van der Waals surface area (Å²) in [5.41, 5.74) is 8.22. The molecule has 114 valence electrons. The molecule has 2 rings (SSSR count). The lowest BCUT2D eigenvalue weighted by Gasteiger charge is -2.15. The first-order valence-corrected chi connectivity index (χ1v) is 8.05. The van der Waals surface area contributed by atoms with Gasteiger partial charge in [0.25, 0.3) is 0 Å². The van der Waals surface area contributed by atoms with Gasteiger partial charge in [0, 0.05) is 17.1 Å². The Kier molecular flexibility index (Phi) is 5.83. The summed E-state index contributed by atoms with van der Waals surface area (Å²) in [4.78, 5) is 0. The maximum absolute atomic E-state index is 6.07. The second-order valence-corrected chi connectivity index (χ2v) is 5.89. The molecule has 1 atom stereocenters. The smallest absolute Gasteiger partial charge is 0.0631 e. The molecule has 0 saturated heterocycles. The Labute approximate surface area is 132 Å². The van der Waals surface area contributed by atoms with Crippen LogP contribution in [0, 0.1) is 0 Å². The lowest BCUT2D eigenvalue weighted by molar-refractivity contribution is 0.424. The zero-order valence-electron chi connectivity index (χ0n) is 12.8. The highest BCUT2D eigenvalue weighted by atomic mass is 35.5. The number of halogens is 1. The molecule has 0 bridgehead atoms. The highest BCUT2D eigenvalue weighted by molar-refractivity contribution is 6.30. The van der Waals surface area contributed by atoms with Gasteiger partial charge < -0.3 is 5.73 Å². The van der Waals surface area contributed by atoms with Crippen molar-refractivity contribution in [1.82, 2.24) is 9.78 Å². The number of hydrogen-bond acceptors (Lipinski definition) is 2. The van der Waals surface area contributed by atoms with Crippen LogP contribution in [0.3, 0.4) is 0 Å². The van der Waals surface area contributed by atoms with Crippen molar-refractivity contribution in [3.8, 4) is 0 Å². The average Bonchev–Trinajstić information content (AvgIpc) is 2.94. The molecule has 0 amide bonds. The number of nitrogens with zero attached hydrogens (tertiary/aromatic N) is 2. The van der Waals surface area contributed by atoms with Crippen LogP contribution in [0.1, 0.15) is 49.9 Å². The molecule has 1 unspecified atom stereocenters. The highest BCUT2D eigenvalue weighted by Crippen LogP contribution is 2.23. The van der Waals surface area contributed by atoms with Gasteiger partial charge in [-0.15, -0.1) is 0 Å². The van der Waals surface area contributed by atoms with Gasteiger partial charge in [-0.2, -0.15) is 5.10 Å². The predicted octanol–water partition coefficient (Wildman–Crippen LogP) is 4.18. The van der Waals surface area contributed by atoms with Crippen molar-refractivity contribution in [3.63, 3.8) is 0 Å². The van der Waals surface area contributed by atoms with Gasteiger partial charge in [-0.3, -0.25) is 4.68 Å². The third kappa shape index (κ3) is 4.08. The van der Waals surface area contributed by atoms with E-state index in [1.807, 2.05) is 18.2 Å². The third-order valence-electron chi connectivity index (χ3n) is 4.04. The zero-order valence-corrected chi connectivity index (χ0v) is 13.6. The summed E-state index contributed by atoms with van der Waals surface area (Å²) in [6.07, 6.45) is 5.14. The molecule has 1 aromatic carbocycles. The minimum Gasteiger partial charge on any atom is -0.330 e. The normalized spacial score (nSPS) is 12.8. The molecule has 1 heterocycles. The molecule has 0 spiro atoms.